The van der Waals surface area contributed by atoms with Crippen LogP contribution in [0.1, 0.15) is 45.4 Å². The summed E-state index contributed by atoms with van der Waals surface area (Å²) in [7, 11) is 0. The fourth-order valence-corrected chi connectivity index (χ4v) is 0.801. The fourth-order valence-electron chi connectivity index (χ4n) is 0.801. The SMILES string of the molecule is CC(O)CO.OCCCCCCO.OCCCCO. The Morgan fingerprint density at radius 1 is 0.579 bits per heavy atom. The average molecular weight is 284 g/mol. The van der Waals surface area contributed by atoms with Crippen LogP contribution in [0.25, 0.3) is 0 Å². The van der Waals surface area contributed by atoms with E-state index in [0.717, 1.165) is 38.5 Å². The molecule has 19 heavy (non-hydrogen) atoms. The van der Waals surface area contributed by atoms with Gasteiger partial charge in [-0.3, -0.25) is 0 Å². The molecule has 0 aromatic rings. The zero-order valence-corrected chi connectivity index (χ0v) is 12.0. The molecule has 0 aliphatic carbocycles. The fraction of sp³-hybridized carbons (Fsp3) is 1.00. The second kappa shape index (κ2) is 26.3. The summed E-state index contributed by atoms with van der Waals surface area (Å²) < 4.78 is 0. The summed E-state index contributed by atoms with van der Waals surface area (Å²) in [5, 5.41) is 48.8. The summed E-state index contributed by atoms with van der Waals surface area (Å²) >= 11 is 0. The molecule has 0 bridgehead atoms. The topological polar surface area (TPSA) is 121 Å². The highest BCUT2D eigenvalue weighted by atomic mass is 16.3. The molecule has 0 radical (unpaired) electrons. The molecule has 0 spiro atoms. The third kappa shape index (κ3) is 46.3. The molecule has 6 heteroatoms. The van der Waals surface area contributed by atoms with E-state index in [1.165, 1.54) is 6.92 Å². The van der Waals surface area contributed by atoms with E-state index in [4.69, 9.17) is 30.6 Å². The van der Waals surface area contributed by atoms with Crippen molar-refractivity contribution in [3.05, 3.63) is 0 Å². The molecule has 6 nitrogen and oxygen atoms in total. The Balaban J connectivity index is -0.000000209. The van der Waals surface area contributed by atoms with Crippen molar-refractivity contribution in [3.8, 4) is 0 Å². The average Bonchev–Trinajstić information content (AvgIpc) is 2.42. The van der Waals surface area contributed by atoms with Crippen molar-refractivity contribution in [2.75, 3.05) is 33.0 Å². The van der Waals surface area contributed by atoms with Crippen molar-refractivity contribution in [2.45, 2.75) is 51.6 Å². The van der Waals surface area contributed by atoms with Gasteiger partial charge in [0.2, 0.25) is 0 Å². The zero-order valence-electron chi connectivity index (χ0n) is 12.0. The third-order valence-corrected chi connectivity index (χ3v) is 1.90. The number of aliphatic hydroxyl groups is 6. The Hall–Kier alpha value is -0.240. The lowest BCUT2D eigenvalue weighted by atomic mass is 10.2. The summed E-state index contributed by atoms with van der Waals surface area (Å²) in [4.78, 5) is 0. The molecule has 0 aromatic heterocycles. The van der Waals surface area contributed by atoms with E-state index in [0.29, 0.717) is 0 Å². The Bertz CT molecular complexity index is 112. The highest BCUT2D eigenvalue weighted by Crippen LogP contribution is 1.96. The minimum atomic E-state index is -0.560. The molecular formula is C13H32O6. The van der Waals surface area contributed by atoms with E-state index >= 15 is 0 Å². The number of rotatable bonds is 9. The van der Waals surface area contributed by atoms with Crippen LogP contribution in [0.5, 0.6) is 0 Å². The summed E-state index contributed by atoms with van der Waals surface area (Å²) in [6, 6.07) is 0. The van der Waals surface area contributed by atoms with E-state index in [2.05, 4.69) is 0 Å². The van der Waals surface area contributed by atoms with Gasteiger partial charge in [-0.05, 0) is 32.6 Å². The van der Waals surface area contributed by atoms with E-state index in [1.54, 1.807) is 0 Å². The molecule has 0 amide bonds. The van der Waals surface area contributed by atoms with Gasteiger partial charge in [0.1, 0.15) is 0 Å². The second-order valence-corrected chi connectivity index (χ2v) is 4.05. The van der Waals surface area contributed by atoms with Crippen molar-refractivity contribution in [1.82, 2.24) is 0 Å². The highest BCUT2D eigenvalue weighted by molar-refractivity contribution is 4.39. The molecule has 6 N–H and O–H groups in total. The quantitative estimate of drug-likeness (QED) is 0.322. The van der Waals surface area contributed by atoms with Crippen molar-refractivity contribution in [3.63, 3.8) is 0 Å². The van der Waals surface area contributed by atoms with Gasteiger partial charge in [-0.15, -0.1) is 0 Å². The molecule has 0 saturated heterocycles. The number of hydrogen-bond donors (Lipinski definition) is 6. The minimum absolute atomic E-state index is 0.139. The van der Waals surface area contributed by atoms with Gasteiger partial charge in [0.25, 0.3) is 0 Å². The molecule has 0 saturated carbocycles. The number of aliphatic hydroxyl groups excluding tert-OH is 6. The van der Waals surface area contributed by atoms with Crippen LogP contribution in [0.2, 0.25) is 0 Å². The van der Waals surface area contributed by atoms with Crippen molar-refractivity contribution < 1.29 is 30.6 Å². The van der Waals surface area contributed by atoms with Gasteiger partial charge in [0.05, 0.1) is 12.7 Å². The molecule has 120 valence electrons. The van der Waals surface area contributed by atoms with Gasteiger partial charge < -0.3 is 30.6 Å². The van der Waals surface area contributed by atoms with Gasteiger partial charge >= 0.3 is 0 Å². The predicted octanol–water partition coefficient (Wildman–Crippen LogP) is -0.358. The Labute approximate surface area is 116 Å². The number of unbranched alkanes of at least 4 members (excludes halogenated alkanes) is 4. The monoisotopic (exact) mass is 284 g/mol. The Kier molecular flexibility index (Phi) is 33.0. The van der Waals surface area contributed by atoms with Crippen LogP contribution in [0.3, 0.4) is 0 Å². The number of hydrogen-bond acceptors (Lipinski definition) is 6. The zero-order chi connectivity index (χ0) is 15.4. The highest BCUT2D eigenvalue weighted by Gasteiger charge is 1.84. The van der Waals surface area contributed by atoms with Crippen molar-refractivity contribution >= 4 is 0 Å². The first-order valence-corrected chi connectivity index (χ1v) is 6.82. The molecular weight excluding hydrogens is 252 g/mol. The van der Waals surface area contributed by atoms with E-state index in [1.807, 2.05) is 0 Å². The van der Waals surface area contributed by atoms with Crippen LogP contribution in [0.4, 0.5) is 0 Å². The first-order valence-electron chi connectivity index (χ1n) is 6.82. The molecule has 1 unspecified atom stereocenters. The summed E-state index contributed by atoms with van der Waals surface area (Å²) in [6.07, 6.45) is 4.70. The van der Waals surface area contributed by atoms with Gasteiger partial charge in [-0.2, -0.15) is 0 Å². The lowest BCUT2D eigenvalue weighted by Crippen LogP contribution is -2.03. The predicted molar refractivity (Wildman–Crippen MR) is 74.8 cm³/mol. The van der Waals surface area contributed by atoms with Crippen LogP contribution in [-0.4, -0.2) is 69.8 Å². The molecule has 0 heterocycles. The van der Waals surface area contributed by atoms with Gasteiger partial charge in [-0.25, -0.2) is 0 Å². The first kappa shape index (κ1) is 23.8. The van der Waals surface area contributed by atoms with Crippen LogP contribution in [0, 0.1) is 0 Å². The first-order chi connectivity index (χ1) is 9.10. The van der Waals surface area contributed by atoms with Crippen LogP contribution in [-0.2, 0) is 0 Å². The standard InChI is InChI=1S/C6H14O2.C4H10O2.C3H8O2/c7-5-3-1-2-4-6-8;5-3-1-2-4-6;1-3(5)2-4/h7-8H,1-6H2;5-6H,1-4H2;3-5H,2H2,1H3. The van der Waals surface area contributed by atoms with Crippen LogP contribution >= 0.6 is 0 Å². The Morgan fingerprint density at radius 2 is 0.789 bits per heavy atom. The van der Waals surface area contributed by atoms with E-state index in [-0.39, 0.29) is 33.0 Å². The van der Waals surface area contributed by atoms with Crippen molar-refractivity contribution in [1.29, 1.82) is 0 Å². The molecule has 0 aliphatic rings. The molecule has 0 fully saturated rings. The minimum Gasteiger partial charge on any atom is -0.396 e. The normalized spacial score (nSPS) is 10.9. The van der Waals surface area contributed by atoms with E-state index in [9.17, 15) is 0 Å². The maximum atomic E-state index is 8.30. The summed E-state index contributed by atoms with van der Waals surface area (Å²) in [5.41, 5.74) is 0. The lowest BCUT2D eigenvalue weighted by molar-refractivity contribution is 0.110. The van der Waals surface area contributed by atoms with E-state index < -0.39 is 6.10 Å². The van der Waals surface area contributed by atoms with Gasteiger partial charge in [0, 0.05) is 26.4 Å². The second-order valence-electron chi connectivity index (χ2n) is 4.05. The lowest BCUT2D eigenvalue weighted by Gasteiger charge is -1.93. The van der Waals surface area contributed by atoms with Gasteiger partial charge in [0.15, 0.2) is 0 Å². The molecule has 0 aliphatic heterocycles. The summed E-state index contributed by atoms with van der Waals surface area (Å²) in [6.45, 7) is 2.35. The van der Waals surface area contributed by atoms with Gasteiger partial charge in [-0.1, -0.05) is 12.8 Å². The molecule has 0 aromatic carbocycles. The molecule has 1 atom stereocenters. The largest absolute Gasteiger partial charge is 0.396 e. The maximum Gasteiger partial charge on any atom is 0.0742 e. The third-order valence-electron chi connectivity index (χ3n) is 1.90. The summed E-state index contributed by atoms with van der Waals surface area (Å²) in [5.74, 6) is 0. The van der Waals surface area contributed by atoms with Crippen LogP contribution < -0.4 is 0 Å². The smallest absolute Gasteiger partial charge is 0.0742 e. The Morgan fingerprint density at radius 3 is 0.947 bits per heavy atom. The molecule has 0 rings (SSSR count). The maximum absolute atomic E-state index is 8.30. The van der Waals surface area contributed by atoms with Crippen molar-refractivity contribution in [2.24, 2.45) is 0 Å². The van der Waals surface area contributed by atoms with Crippen LogP contribution in [0.15, 0.2) is 0 Å².